The smallest absolute Gasteiger partial charge is 0.293 e. The number of nitrogens with zero attached hydrogens (tertiary/aromatic N) is 1. The number of nitro groups is 1. The lowest BCUT2D eigenvalue weighted by Gasteiger charge is -2.31. The summed E-state index contributed by atoms with van der Waals surface area (Å²) < 4.78 is 23.0. The van der Waals surface area contributed by atoms with Crippen LogP contribution in [-0.4, -0.2) is 51.7 Å². The van der Waals surface area contributed by atoms with Crippen molar-refractivity contribution < 1.29 is 18.1 Å². The van der Waals surface area contributed by atoms with Gasteiger partial charge in [-0.2, -0.15) is 0 Å². The predicted octanol–water partition coefficient (Wildman–Crippen LogP) is 0.804. The van der Waals surface area contributed by atoms with Crippen LogP contribution < -0.4 is 16.0 Å². The molecule has 1 heterocycles. The number of halogens is 1. The molecular weight excluding hydrogens is 384 g/mol. The second-order valence-corrected chi connectivity index (χ2v) is 8.15. The van der Waals surface area contributed by atoms with Crippen molar-refractivity contribution in [1.29, 1.82) is 0 Å². The third kappa shape index (κ3) is 5.55. The zero-order valence-electron chi connectivity index (χ0n) is 14.5. The van der Waals surface area contributed by atoms with E-state index in [4.69, 9.17) is 0 Å². The lowest BCUT2D eigenvalue weighted by atomic mass is 9.88. The van der Waals surface area contributed by atoms with E-state index in [-0.39, 0.29) is 40.5 Å². The standard InChI is InChI=1S/C15H22N4O5S.ClH/c1-10(11-8-16-9-11)15(20)18-6-5-17-13-4-3-12(25(2,23)24)7-14(13)19(21)22;/h3-4,7,10-11,16-17H,5-6,8-9H2,1-2H3,(H,18,20);1H. The Hall–Kier alpha value is -1.91. The van der Waals surface area contributed by atoms with Crippen LogP contribution in [0.4, 0.5) is 11.4 Å². The molecule has 0 aromatic heterocycles. The third-order valence-corrected chi connectivity index (χ3v) is 5.38. The van der Waals surface area contributed by atoms with Gasteiger partial charge in [0, 0.05) is 31.3 Å². The van der Waals surface area contributed by atoms with E-state index in [0.29, 0.717) is 19.0 Å². The van der Waals surface area contributed by atoms with E-state index >= 15 is 0 Å². The summed E-state index contributed by atoms with van der Waals surface area (Å²) in [6.07, 6.45) is 0.994. The van der Waals surface area contributed by atoms with Gasteiger partial charge in [-0.3, -0.25) is 14.9 Å². The van der Waals surface area contributed by atoms with Crippen molar-refractivity contribution in [1.82, 2.24) is 10.6 Å². The van der Waals surface area contributed by atoms with Gasteiger partial charge in [0.15, 0.2) is 9.84 Å². The molecular formula is C15H23ClN4O5S. The van der Waals surface area contributed by atoms with Gasteiger partial charge in [0.1, 0.15) is 5.69 Å². The number of carbonyl (C=O) groups excluding carboxylic acids is 1. The molecule has 1 amide bonds. The topological polar surface area (TPSA) is 130 Å². The summed E-state index contributed by atoms with van der Waals surface area (Å²) in [4.78, 5) is 22.4. The molecule has 26 heavy (non-hydrogen) atoms. The summed E-state index contributed by atoms with van der Waals surface area (Å²) in [6, 6.07) is 3.70. The molecule has 0 radical (unpaired) electrons. The Morgan fingerprint density at radius 3 is 2.54 bits per heavy atom. The maximum Gasteiger partial charge on any atom is 0.293 e. The molecule has 1 saturated heterocycles. The van der Waals surface area contributed by atoms with E-state index in [1.165, 1.54) is 12.1 Å². The molecule has 3 N–H and O–H groups in total. The van der Waals surface area contributed by atoms with Crippen LogP contribution in [0.2, 0.25) is 0 Å². The highest BCUT2D eigenvalue weighted by Gasteiger charge is 2.28. The fourth-order valence-electron chi connectivity index (χ4n) is 2.47. The molecule has 1 aliphatic heterocycles. The SMILES string of the molecule is CC(C(=O)NCCNc1ccc(S(C)(=O)=O)cc1[N+](=O)[O-])C1CNC1.Cl. The molecule has 2 rings (SSSR count). The van der Waals surface area contributed by atoms with E-state index in [9.17, 15) is 23.3 Å². The van der Waals surface area contributed by atoms with Crippen LogP contribution in [0, 0.1) is 22.0 Å². The lowest BCUT2D eigenvalue weighted by Crippen LogP contribution is -2.50. The number of sulfone groups is 1. The van der Waals surface area contributed by atoms with Crippen LogP contribution in [0.5, 0.6) is 0 Å². The number of carbonyl (C=O) groups is 1. The number of amides is 1. The average molecular weight is 407 g/mol. The van der Waals surface area contributed by atoms with Crippen LogP contribution in [0.3, 0.4) is 0 Å². The Morgan fingerprint density at radius 2 is 2.04 bits per heavy atom. The first-order valence-corrected chi connectivity index (χ1v) is 9.80. The monoisotopic (exact) mass is 406 g/mol. The second-order valence-electron chi connectivity index (χ2n) is 6.13. The first kappa shape index (κ1) is 22.1. The van der Waals surface area contributed by atoms with Crippen LogP contribution in [0.25, 0.3) is 0 Å². The van der Waals surface area contributed by atoms with Gasteiger partial charge in [-0.1, -0.05) is 6.92 Å². The fraction of sp³-hybridized carbons (Fsp3) is 0.533. The van der Waals surface area contributed by atoms with Crippen LogP contribution in [0.1, 0.15) is 6.92 Å². The lowest BCUT2D eigenvalue weighted by molar-refractivity contribution is -0.384. The van der Waals surface area contributed by atoms with Gasteiger partial charge in [-0.25, -0.2) is 8.42 Å². The molecule has 1 fully saturated rings. The molecule has 11 heteroatoms. The minimum atomic E-state index is -3.52. The summed E-state index contributed by atoms with van der Waals surface area (Å²) in [5.74, 6) is 0.220. The highest BCUT2D eigenvalue weighted by molar-refractivity contribution is 7.90. The maximum atomic E-state index is 12.0. The quantitative estimate of drug-likeness (QED) is 0.330. The summed E-state index contributed by atoms with van der Waals surface area (Å²) in [5.41, 5.74) is -0.106. The van der Waals surface area contributed by atoms with Gasteiger partial charge < -0.3 is 16.0 Å². The second kappa shape index (κ2) is 9.15. The Kier molecular flexibility index (Phi) is 7.79. The Morgan fingerprint density at radius 1 is 1.38 bits per heavy atom. The van der Waals surface area contributed by atoms with Gasteiger partial charge >= 0.3 is 0 Å². The maximum absolute atomic E-state index is 12.0. The molecule has 1 atom stereocenters. The van der Waals surface area contributed by atoms with Crippen molar-refractivity contribution in [3.05, 3.63) is 28.3 Å². The van der Waals surface area contributed by atoms with E-state index in [2.05, 4.69) is 16.0 Å². The first-order valence-electron chi connectivity index (χ1n) is 7.91. The van der Waals surface area contributed by atoms with Gasteiger partial charge in [0.25, 0.3) is 5.69 Å². The van der Waals surface area contributed by atoms with Crippen LogP contribution >= 0.6 is 12.4 Å². The Bertz CT molecular complexity index is 767. The van der Waals surface area contributed by atoms with Gasteiger partial charge in [0.2, 0.25) is 5.91 Å². The van der Waals surface area contributed by atoms with Crippen molar-refractivity contribution in [3.63, 3.8) is 0 Å². The normalized spacial score (nSPS) is 15.3. The molecule has 0 saturated carbocycles. The number of anilines is 1. The Labute approximate surface area is 158 Å². The molecule has 0 spiro atoms. The number of nitro benzene ring substituents is 1. The molecule has 9 nitrogen and oxygen atoms in total. The van der Waals surface area contributed by atoms with Crippen molar-refractivity contribution >= 4 is 39.5 Å². The van der Waals surface area contributed by atoms with Crippen molar-refractivity contribution in [2.24, 2.45) is 11.8 Å². The number of benzene rings is 1. The third-order valence-electron chi connectivity index (χ3n) is 4.27. The highest BCUT2D eigenvalue weighted by Crippen LogP contribution is 2.27. The first-order chi connectivity index (χ1) is 11.7. The van der Waals surface area contributed by atoms with Crippen LogP contribution in [0.15, 0.2) is 23.1 Å². The minimum Gasteiger partial charge on any atom is -0.378 e. The highest BCUT2D eigenvalue weighted by atomic mass is 35.5. The molecule has 1 aromatic rings. The number of hydrogen-bond donors (Lipinski definition) is 3. The van der Waals surface area contributed by atoms with E-state index < -0.39 is 14.8 Å². The summed E-state index contributed by atoms with van der Waals surface area (Å²) in [7, 11) is -3.52. The van der Waals surface area contributed by atoms with Crippen LogP contribution in [-0.2, 0) is 14.6 Å². The summed E-state index contributed by atoms with van der Waals surface area (Å²) in [6.45, 7) is 4.16. The van der Waals surface area contributed by atoms with Crippen molar-refractivity contribution in [3.8, 4) is 0 Å². The number of nitrogens with one attached hydrogen (secondary N) is 3. The molecule has 0 bridgehead atoms. The van der Waals surface area contributed by atoms with Gasteiger partial charge in [0.05, 0.1) is 9.82 Å². The van der Waals surface area contributed by atoms with Gasteiger partial charge in [-0.05, 0) is 31.1 Å². The molecule has 1 aliphatic rings. The average Bonchev–Trinajstić information content (AvgIpc) is 2.48. The van der Waals surface area contributed by atoms with E-state index in [1.807, 2.05) is 6.92 Å². The Balaban J connectivity index is 0.00000338. The largest absolute Gasteiger partial charge is 0.378 e. The zero-order valence-corrected chi connectivity index (χ0v) is 16.2. The minimum absolute atomic E-state index is 0. The van der Waals surface area contributed by atoms with Gasteiger partial charge in [-0.15, -0.1) is 12.4 Å². The summed E-state index contributed by atoms with van der Waals surface area (Å²) in [5, 5.41) is 19.9. The predicted molar refractivity (Wildman–Crippen MR) is 100 cm³/mol. The zero-order chi connectivity index (χ0) is 18.6. The molecule has 1 aromatic carbocycles. The molecule has 1 unspecified atom stereocenters. The van der Waals surface area contributed by atoms with Crippen molar-refractivity contribution in [2.75, 3.05) is 37.8 Å². The fourth-order valence-corrected chi connectivity index (χ4v) is 3.11. The molecule has 0 aliphatic carbocycles. The van der Waals surface area contributed by atoms with E-state index in [0.717, 1.165) is 25.4 Å². The number of rotatable bonds is 8. The summed E-state index contributed by atoms with van der Waals surface area (Å²) >= 11 is 0. The van der Waals surface area contributed by atoms with E-state index in [1.54, 1.807) is 0 Å². The number of hydrogen-bond acceptors (Lipinski definition) is 7. The molecule has 146 valence electrons. The van der Waals surface area contributed by atoms with Crippen molar-refractivity contribution in [2.45, 2.75) is 11.8 Å².